The molecule has 0 aliphatic carbocycles. The van der Waals surface area contributed by atoms with Crippen molar-refractivity contribution in [1.29, 1.82) is 0 Å². The van der Waals surface area contributed by atoms with E-state index >= 15 is 0 Å². The first-order valence-corrected chi connectivity index (χ1v) is 11.0. The van der Waals surface area contributed by atoms with Crippen molar-refractivity contribution in [1.82, 2.24) is 9.78 Å². The van der Waals surface area contributed by atoms with Gasteiger partial charge in [0.2, 0.25) is 16.0 Å². The van der Waals surface area contributed by atoms with Crippen LogP contribution in [0.25, 0.3) is 0 Å². The van der Waals surface area contributed by atoms with Crippen LogP contribution in [0.2, 0.25) is 0 Å². The van der Waals surface area contributed by atoms with E-state index in [4.69, 9.17) is 0 Å². The monoisotopic (exact) mass is 437 g/mol. The Bertz CT molecular complexity index is 1310. The summed E-state index contributed by atoms with van der Waals surface area (Å²) in [5.74, 6) is 0.336. The maximum absolute atomic E-state index is 12.4. The fourth-order valence-corrected chi connectivity index (χ4v) is 4.57. The summed E-state index contributed by atoms with van der Waals surface area (Å²) in [6.45, 7) is 7.43. The largest absolute Gasteiger partial charge is 0.324 e. The van der Waals surface area contributed by atoms with Crippen LogP contribution in [0.15, 0.2) is 70.0 Å². The molecule has 0 saturated heterocycles. The normalized spacial score (nSPS) is 20.4. The second-order valence-corrected chi connectivity index (χ2v) is 9.96. The molecule has 0 atom stereocenters. The molecule has 1 aromatic carbocycles. The molecule has 0 saturated carbocycles. The standard InChI is InChI=1S/C21H23N7O2S/c1-13-8-9-23-19(14-11-24-28(5)12-14)18(13)26-20(22-4)25-15-6-7-16-17(10-15)27-31(29,30)21(16,2)3/h6-12,27H,1H2,2-5H3,(H,22,25)/b26-18+. The average molecular weight is 438 g/mol. The molecule has 4 rings (SSSR count). The second kappa shape index (κ2) is 7.31. The van der Waals surface area contributed by atoms with Crippen molar-refractivity contribution in [2.75, 3.05) is 17.1 Å². The molecule has 10 heteroatoms. The predicted octanol–water partition coefficient (Wildman–Crippen LogP) is 2.82. The van der Waals surface area contributed by atoms with Crippen molar-refractivity contribution in [2.45, 2.75) is 18.6 Å². The molecule has 0 unspecified atom stereocenters. The Hall–Kier alpha value is -3.53. The fraction of sp³-hybridized carbons (Fsp3) is 0.238. The summed E-state index contributed by atoms with van der Waals surface area (Å²) < 4.78 is 28.1. The third-order valence-electron chi connectivity index (χ3n) is 5.26. The Morgan fingerprint density at radius 1 is 1.32 bits per heavy atom. The Morgan fingerprint density at radius 3 is 2.77 bits per heavy atom. The number of allylic oxidation sites excluding steroid dienone is 2. The smallest absolute Gasteiger partial charge is 0.242 e. The van der Waals surface area contributed by atoms with Gasteiger partial charge in [-0.25, -0.2) is 13.4 Å². The number of anilines is 2. The van der Waals surface area contributed by atoms with E-state index < -0.39 is 14.8 Å². The van der Waals surface area contributed by atoms with E-state index in [9.17, 15) is 8.42 Å². The number of guanidine groups is 1. The average Bonchev–Trinajstić information content (AvgIpc) is 3.21. The highest BCUT2D eigenvalue weighted by atomic mass is 32.2. The maximum Gasteiger partial charge on any atom is 0.242 e. The summed E-state index contributed by atoms with van der Waals surface area (Å²) in [5, 5.41) is 7.34. The summed E-state index contributed by atoms with van der Waals surface area (Å²) in [6.07, 6.45) is 7.02. The van der Waals surface area contributed by atoms with E-state index in [1.807, 2.05) is 13.2 Å². The molecule has 0 fully saturated rings. The van der Waals surface area contributed by atoms with Gasteiger partial charge in [0.1, 0.15) is 10.5 Å². The topological polar surface area (TPSA) is 113 Å². The van der Waals surface area contributed by atoms with Crippen LogP contribution in [-0.4, -0.2) is 42.6 Å². The quantitative estimate of drug-likeness (QED) is 0.555. The number of rotatable bonds is 2. The molecule has 0 amide bonds. The van der Waals surface area contributed by atoms with E-state index in [2.05, 4.69) is 36.7 Å². The van der Waals surface area contributed by atoms with Gasteiger partial charge in [-0.05, 0) is 43.2 Å². The number of hydrogen-bond acceptors (Lipinski definition) is 5. The summed E-state index contributed by atoms with van der Waals surface area (Å²) in [5.41, 5.74) is 4.65. The van der Waals surface area contributed by atoms with Gasteiger partial charge in [-0.15, -0.1) is 0 Å². The number of nitrogens with one attached hydrogen (secondary N) is 2. The molecule has 2 N–H and O–H groups in total. The third kappa shape index (κ3) is 3.59. The van der Waals surface area contributed by atoms with E-state index in [-0.39, 0.29) is 0 Å². The van der Waals surface area contributed by atoms with Crippen LogP contribution < -0.4 is 10.0 Å². The van der Waals surface area contributed by atoms with Gasteiger partial charge >= 0.3 is 0 Å². The summed E-state index contributed by atoms with van der Waals surface area (Å²) in [6, 6.07) is 5.33. The van der Waals surface area contributed by atoms with Crippen LogP contribution >= 0.6 is 0 Å². The Balaban J connectivity index is 1.65. The molecule has 9 nitrogen and oxygen atoms in total. The lowest BCUT2D eigenvalue weighted by Gasteiger charge is -2.16. The van der Waals surface area contributed by atoms with Gasteiger partial charge in [0.15, 0.2) is 0 Å². The van der Waals surface area contributed by atoms with Crippen LogP contribution in [0.3, 0.4) is 0 Å². The van der Waals surface area contributed by atoms with Gasteiger partial charge in [0.25, 0.3) is 0 Å². The second-order valence-electron chi connectivity index (χ2n) is 7.73. The lowest BCUT2D eigenvalue weighted by Crippen LogP contribution is -2.26. The molecule has 160 valence electrons. The summed E-state index contributed by atoms with van der Waals surface area (Å²) in [7, 11) is -0.0283. The molecule has 0 radical (unpaired) electrons. The van der Waals surface area contributed by atoms with Gasteiger partial charge in [-0.2, -0.15) is 5.10 Å². The van der Waals surface area contributed by atoms with Gasteiger partial charge in [0.05, 0.1) is 17.6 Å². The minimum absolute atomic E-state index is 0.336. The van der Waals surface area contributed by atoms with Crippen LogP contribution in [0.1, 0.15) is 25.0 Å². The number of nitrogens with zero attached hydrogens (tertiary/aromatic N) is 5. The number of aliphatic imine (C=N–C) groups is 3. The van der Waals surface area contributed by atoms with Gasteiger partial charge in [-0.3, -0.25) is 19.4 Å². The van der Waals surface area contributed by atoms with E-state index in [0.29, 0.717) is 34.3 Å². The number of hydrogen-bond donors (Lipinski definition) is 2. The molecule has 3 heterocycles. The van der Waals surface area contributed by atoms with Gasteiger partial charge in [-0.1, -0.05) is 12.6 Å². The Labute approximate surface area is 181 Å². The van der Waals surface area contributed by atoms with Crippen LogP contribution in [-0.2, 0) is 21.8 Å². The highest BCUT2D eigenvalue weighted by Gasteiger charge is 2.44. The number of sulfonamides is 1. The van der Waals surface area contributed by atoms with Crippen LogP contribution in [0, 0.1) is 0 Å². The fourth-order valence-electron chi connectivity index (χ4n) is 3.39. The number of fused-ring (bicyclic) bond motifs is 1. The minimum Gasteiger partial charge on any atom is -0.324 e. The first-order chi connectivity index (χ1) is 14.6. The zero-order valence-electron chi connectivity index (χ0n) is 17.7. The lowest BCUT2D eigenvalue weighted by molar-refractivity contribution is 0.567. The zero-order valence-corrected chi connectivity index (χ0v) is 18.5. The van der Waals surface area contributed by atoms with Crippen molar-refractivity contribution < 1.29 is 8.42 Å². The van der Waals surface area contributed by atoms with Crippen molar-refractivity contribution in [3.8, 4) is 0 Å². The summed E-state index contributed by atoms with van der Waals surface area (Å²) >= 11 is 0. The van der Waals surface area contributed by atoms with Crippen molar-refractivity contribution in [2.24, 2.45) is 22.0 Å². The molecular weight excluding hydrogens is 414 g/mol. The lowest BCUT2D eigenvalue weighted by atomic mass is 10.00. The molecule has 0 spiro atoms. The SMILES string of the molecule is C=C1C=CN=C(c2cnn(C)c2)/C1=N/C(=N\C)Nc1ccc2c(c1)NS(=O)(=O)C2(C)C. The molecular formula is C21H23N7O2S. The van der Waals surface area contributed by atoms with E-state index in [1.165, 1.54) is 0 Å². The van der Waals surface area contributed by atoms with E-state index in [0.717, 1.165) is 11.1 Å². The van der Waals surface area contributed by atoms with Gasteiger partial charge in [0, 0.05) is 37.7 Å². The number of benzene rings is 1. The third-order valence-corrected chi connectivity index (χ3v) is 7.31. The van der Waals surface area contributed by atoms with Crippen LogP contribution in [0.4, 0.5) is 11.4 Å². The number of aromatic nitrogens is 2. The Kier molecular flexibility index (Phi) is 4.89. The molecule has 2 aromatic rings. The number of aryl methyl sites for hydroxylation is 1. The van der Waals surface area contributed by atoms with Gasteiger partial charge < -0.3 is 5.32 Å². The molecule has 31 heavy (non-hydrogen) atoms. The van der Waals surface area contributed by atoms with E-state index in [1.54, 1.807) is 62.2 Å². The van der Waals surface area contributed by atoms with Crippen molar-refractivity contribution in [3.63, 3.8) is 0 Å². The first kappa shape index (κ1) is 20.7. The highest BCUT2D eigenvalue weighted by molar-refractivity contribution is 7.94. The maximum atomic E-state index is 12.4. The predicted molar refractivity (Wildman–Crippen MR) is 124 cm³/mol. The molecule has 0 bridgehead atoms. The summed E-state index contributed by atoms with van der Waals surface area (Å²) in [4.78, 5) is 13.3. The molecule has 1 aromatic heterocycles. The Morgan fingerprint density at radius 2 is 2.10 bits per heavy atom. The molecule has 2 aliphatic heterocycles. The highest BCUT2D eigenvalue weighted by Crippen LogP contribution is 2.43. The van der Waals surface area contributed by atoms with Crippen molar-refractivity contribution >= 4 is 38.8 Å². The first-order valence-electron chi connectivity index (χ1n) is 9.55. The minimum atomic E-state index is -3.48. The molecule has 2 aliphatic rings. The van der Waals surface area contributed by atoms with Crippen LogP contribution in [0.5, 0.6) is 0 Å². The zero-order chi connectivity index (χ0) is 22.4. The van der Waals surface area contributed by atoms with Crippen molar-refractivity contribution in [3.05, 3.63) is 66.1 Å².